The van der Waals surface area contributed by atoms with Gasteiger partial charge in [0, 0.05) is 29.8 Å². The van der Waals surface area contributed by atoms with Crippen LogP contribution in [0.3, 0.4) is 0 Å². The lowest BCUT2D eigenvalue weighted by Crippen LogP contribution is -2.38. The lowest BCUT2D eigenvalue weighted by atomic mass is 10.1. The molecule has 0 aliphatic carbocycles. The first kappa shape index (κ1) is 16.1. The van der Waals surface area contributed by atoms with Crippen LogP contribution in [0.1, 0.15) is 36.7 Å². The van der Waals surface area contributed by atoms with E-state index in [1.807, 2.05) is 20.8 Å². The van der Waals surface area contributed by atoms with Gasteiger partial charge in [0.25, 0.3) is 11.6 Å². The summed E-state index contributed by atoms with van der Waals surface area (Å²) in [5.74, 6) is -0.291. The number of hydrogen-bond acceptors (Lipinski definition) is 4. The normalized spacial score (nSPS) is 11.9. The molecule has 0 heterocycles. The van der Waals surface area contributed by atoms with Crippen LogP contribution in [0.25, 0.3) is 0 Å². The maximum absolute atomic E-state index is 12.0. The SMILES string of the molecule is CCN[C@H](C)CNC(=O)c1ccc(CC)c([N+](=O)[O-])c1. The number of nitro groups is 1. The van der Waals surface area contributed by atoms with Gasteiger partial charge in [-0.05, 0) is 26.0 Å². The van der Waals surface area contributed by atoms with Gasteiger partial charge in [0.05, 0.1) is 4.92 Å². The molecule has 1 amide bonds. The topological polar surface area (TPSA) is 84.3 Å². The number of likely N-dealkylation sites (N-methyl/N-ethyl adjacent to an activating group) is 1. The zero-order valence-corrected chi connectivity index (χ0v) is 12.1. The van der Waals surface area contributed by atoms with Crippen molar-refractivity contribution >= 4 is 11.6 Å². The number of benzene rings is 1. The summed E-state index contributed by atoms with van der Waals surface area (Å²) in [6.45, 7) is 7.11. The monoisotopic (exact) mass is 279 g/mol. The first-order chi connectivity index (χ1) is 9.49. The van der Waals surface area contributed by atoms with Gasteiger partial charge in [0.2, 0.25) is 0 Å². The Morgan fingerprint density at radius 2 is 2.10 bits per heavy atom. The number of carbonyl (C=O) groups is 1. The van der Waals surface area contributed by atoms with Gasteiger partial charge in [-0.3, -0.25) is 14.9 Å². The number of rotatable bonds is 7. The zero-order valence-electron chi connectivity index (χ0n) is 12.1. The highest BCUT2D eigenvalue weighted by Crippen LogP contribution is 2.20. The van der Waals surface area contributed by atoms with Crippen molar-refractivity contribution in [3.05, 3.63) is 39.4 Å². The quantitative estimate of drug-likeness (QED) is 0.589. The fourth-order valence-corrected chi connectivity index (χ4v) is 1.94. The molecule has 0 aromatic heterocycles. The second kappa shape index (κ2) is 7.59. The Morgan fingerprint density at radius 1 is 1.40 bits per heavy atom. The predicted molar refractivity (Wildman–Crippen MR) is 77.9 cm³/mol. The minimum Gasteiger partial charge on any atom is -0.350 e. The number of carbonyl (C=O) groups excluding carboxylic acids is 1. The summed E-state index contributed by atoms with van der Waals surface area (Å²) < 4.78 is 0. The van der Waals surface area contributed by atoms with E-state index < -0.39 is 4.92 Å². The van der Waals surface area contributed by atoms with Crippen LogP contribution < -0.4 is 10.6 Å². The second-order valence-corrected chi connectivity index (χ2v) is 4.62. The fraction of sp³-hybridized carbons (Fsp3) is 0.500. The molecule has 0 aliphatic rings. The highest BCUT2D eigenvalue weighted by atomic mass is 16.6. The van der Waals surface area contributed by atoms with Gasteiger partial charge in [-0.15, -0.1) is 0 Å². The molecule has 1 aromatic carbocycles. The van der Waals surface area contributed by atoms with E-state index >= 15 is 0 Å². The van der Waals surface area contributed by atoms with Crippen molar-refractivity contribution in [2.24, 2.45) is 0 Å². The van der Waals surface area contributed by atoms with E-state index in [0.717, 1.165) is 6.54 Å². The van der Waals surface area contributed by atoms with Gasteiger partial charge in [-0.25, -0.2) is 0 Å². The van der Waals surface area contributed by atoms with Crippen molar-refractivity contribution in [1.29, 1.82) is 0 Å². The average molecular weight is 279 g/mol. The van der Waals surface area contributed by atoms with Crippen LogP contribution in [0.2, 0.25) is 0 Å². The van der Waals surface area contributed by atoms with Crippen LogP contribution >= 0.6 is 0 Å². The maximum Gasteiger partial charge on any atom is 0.273 e. The molecule has 0 fully saturated rings. The van der Waals surface area contributed by atoms with E-state index in [-0.39, 0.29) is 17.6 Å². The van der Waals surface area contributed by atoms with E-state index in [1.165, 1.54) is 6.07 Å². The minimum absolute atomic E-state index is 0.000110. The first-order valence-corrected chi connectivity index (χ1v) is 6.78. The van der Waals surface area contributed by atoms with Crippen molar-refractivity contribution in [2.75, 3.05) is 13.1 Å². The molecule has 0 spiro atoms. The lowest BCUT2D eigenvalue weighted by Gasteiger charge is -2.13. The smallest absolute Gasteiger partial charge is 0.273 e. The number of nitrogens with zero attached hydrogens (tertiary/aromatic N) is 1. The molecule has 0 radical (unpaired) electrons. The Kier molecular flexibility index (Phi) is 6.11. The minimum atomic E-state index is -0.448. The zero-order chi connectivity index (χ0) is 15.1. The number of nitro benzene ring substituents is 1. The molecule has 2 N–H and O–H groups in total. The summed E-state index contributed by atoms with van der Waals surface area (Å²) in [4.78, 5) is 22.5. The summed E-state index contributed by atoms with van der Waals surface area (Å²) in [5, 5.41) is 16.9. The largest absolute Gasteiger partial charge is 0.350 e. The fourth-order valence-electron chi connectivity index (χ4n) is 1.94. The molecule has 0 bridgehead atoms. The van der Waals surface area contributed by atoms with E-state index in [9.17, 15) is 14.9 Å². The molecule has 1 rings (SSSR count). The molecule has 110 valence electrons. The average Bonchev–Trinajstić information content (AvgIpc) is 2.44. The lowest BCUT2D eigenvalue weighted by molar-refractivity contribution is -0.385. The molecule has 6 nitrogen and oxygen atoms in total. The molecule has 6 heteroatoms. The Labute approximate surface area is 118 Å². The summed E-state index contributed by atoms with van der Waals surface area (Å²) >= 11 is 0. The Hall–Kier alpha value is -1.95. The number of aryl methyl sites for hydroxylation is 1. The number of nitrogens with one attached hydrogen (secondary N) is 2. The first-order valence-electron chi connectivity index (χ1n) is 6.78. The standard InChI is InChI=1S/C14H21N3O3/c1-4-11-6-7-12(8-13(11)17(19)20)14(18)16-9-10(3)15-5-2/h6-8,10,15H,4-5,9H2,1-3H3,(H,16,18)/t10-/m1/s1. The van der Waals surface area contributed by atoms with Gasteiger partial charge in [0.15, 0.2) is 0 Å². The van der Waals surface area contributed by atoms with E-state index in [0.29, 0.717) is 24.1 Å². The maximum atomic E-state index is 12.0. The molecule has 0 aliphatic heterocycles. The third-order valence-corrected chi connectivity index (χ3v) is 3.05. The van der Waals surface area contributed by atoms with Crippen LogP contribution in [-0.2, 0) is 6.42 Å². The van der Waals surface area contributed by atoms with E-state index in [2.05, 4.69) is 10.6 Å². The van der Waals surface area contributed by atoms with Crippen molar-refractivity contribution in [2.45, 2.75) is 33.2 Å². The van der Waals surface area contributed by atoms with Crippen molar-refractivity contribution in [3.8, 4) is 0 Å². The molecule has 20 heavy (non-hydrogen) atoms. The molecular formula is C14H21N3O3. The summed E-state index contributed by atoms with van der Waals surface area (Å²) in [6.07, 6.45) is 0.565. The van der Waals surface area contributed by atoms with Crippen LogP contribution in [0, 0.1) is 10.1 Å². The molecule has 1 aromatic rings. The van der Waals surface area contributed by atoms with Crippen molar-refractivity contribution in [1.82, 2.24) is 10.6 Å². The molecule has 1 atom stereocenters. The van der Waals surface area contributed by atoms with Gasteiger partial charge in [-0.1, -0.05) is 19.9 Å². The number of hydrogen-bond donors (Lipinski definition) is 2. The predicted octanol–water partition coefficient (Wildman–Crippen LogP) is 1.89. The van der Waals surface area contributed by atoms with Crippen LogP contribution in [0.5, 0.6) is 0 Å². The molecule has 0 unspecified atom stereocenters. The third kappa shape index (κ3) is 4.31. The van der Waals surface area contributed by atoms with Gasteiger partial charge < -0.3 is 10.6 Å². The second-order valence-electron chi connectivity index (χ2n) is 4.62. The Balaban J connectivity index is 2.78. The van der Waals surface area contributed by atoms with E-state index in [1.54, 1.807) is 12.1 Å². The van der Waals surface area contributed by atoms with Crippen LogP contribution in [0.4, 0.5) is 5.69 Å². The van der Waals surface area contributed by atoms with Gasteiger partial charge in [0.1, 0.15) is 0 Å². The summed E-state index contributed by atoms with van der Waals surface area (Å²) in [7, 11) is 0. The van der Waals surface area contributed by atoms with Crippen LogP contribution in [-0.4, -0.2) is 30.0 Å². The van der Waals surface area contributed by atoms with Gasteiger partial charge >= 0.3 is 0 Å². The Morgan fingerprint density at radius 3 is 2.65 bits per heavy atom. The molecular weight excluding hydrogens is 258 g/mol. The van der Waals surface area contributed by atoms with Gasteiger partial charge in [-0.2, -0.15) is 0 Å². The van der Waals surface area contributed by atoms with Crippen LogP contribution in [0.15, 0.2) is 18.2 Å². The summed E-state index contributed by atoms with van der Waals surface area (Å²) in [6, 6.07) is 4.76. The molecule has 0 saturated carbocycles. The van der Waals surface area contributed by atoms with Crippen molar-refractivity contribution in [3.63, 3.8) is 0 Å². The highest BCUT2D eigenvalue weighted by Gasteiger charge is 2.16. The van der Waals surface area contributed by atoms with E-state index in [4.69, 9.17) is 0 Å². The molecule has 0 saturated heterocycles. The van der Waals surface area contributed by atoms with Crippen molar-refractivity contribution < 1.29 is 9.72 Å². The Bertz CT molecular complexity index is 489. The number of amides is 1. The summed E-state index contributed by atoms with van der Waals surface area (Å²) in [5.41, 5.74) is 0.949. The third-order valence-electron chi connectivity index (χ3n) is 3.05. The highest BCUT2D eigenvalue weighted by molar-refractivity contribution is 5.95.